The van der Waals surface area contributed by atoms with Crippen LogP contribution in [0.3, 0.4) is 0 Å². The quantitative estimate of drug-likeness (QED) is 0.609. The van der Waals surface area contributed by atoms with Crippen LogP contribution >= 0.6 is 0 Å². The molecule has 1 aromatic carbocycles. The molecule has 0 heterocycles. The number of nitriles is 1. The number of carbonyl (C=O) groups is 2. The Bertz CT molecular complexity index is 493. The Hall–Kier alpha value is -2.59. The Morgan fingerprint density at radius 2 is 1.95 bits per heavy atom. The second-order valence-corrected chi connectivity index (χ2v) is 3.70. The molecule has 100 valence electrons. The molecule has 1 atom stereocenters. The van der Waals surface area contributed by atoms with Gasteiger partial charge in [0.1, 0.15) is 0 Å². The fourth-order valence-corrected chi connectivity index (χ4v) is 1.31. The van der Waals surface area contributed by atoms with E-state index in [9.17, 15) is 9.59 Å². The summed E-state index contributed by atoms with van der Waals surface area (Å²) in [5.41, 5.74) is 1.27. The van der Waals surface area contributed by atoms with Crippen LogP contribution in [-0.2, 0) is 11.2 Å². The Morgan fingerprint density at radius 1 is 1.32 bits per heavy atom. The normalized spacial score (nSPS) is 11.2. The van der Waals surface area contributed by atoms with Crippen molar-refractivity contribution in [2.24, 2.45) is 0 Å². The van der Waals surface area contributed by atoms with Crippen LogP contribution in [0.4, 0.5) is 10.5 Å². The Morgan fingerprint density at radius 3 is 2.42 bits per heavy atom. The second-order valence-electron chi connectivity index (χ2n) is 3.70. The van der Waals surface area contributed by atoms with Gasteiger partial charge in [0.15, 0.2) is 6.04 Å². The van der Waals surface area contributed by atoms with Gasteiger partial charge in [0.2, 0.25) is 0 Å². The third-order valence-electron chi connectivity index (χ3n) is 2.28. The highest BCUT2D eigenvalue weighted by molar-refractivity contribution is 5.92. The van der Waals surface area contributed by atoms with Crippen LogP contribution in [0, 0.1) is 11.3 Å². The average molecular weight is 263 g/mol. The summed E-state index contributed by atoms with van der Waals surface area (Å²) >= 11 is 0. The summed E-state index contributed by atoms with van der Waals surface area (Å²) < 4.78 is 0. The summed E-state index contributed by atoms with van der Waals surface area (Å²) in [6.07, 6.45) is 0.276. The molecule has 0 aromatic heterocycles. The van der Waals surface area contributed by atoms with Crippen molar-refractivity contribution in [3.05, 3.63) is 29.8 Å². The SMILES string of the molecule is N#CCc1ccc(NC(=O)N[C@H](CO)C(=O)O)cc1. The van der Waals surface area contributed by atoms with Crippen molar-refractivity contribution in [1.29, 1.82) is 5.26 Å². The van der Waals surface area contributed by atoms with Crippen molar-refractivity contribution in [2.45, 2.75) is 12.5 Å². The average Bonchev–Trinajstić information content (AvgIpc) is 2.38. The van der Waals surface area contributed by atoms with Gasteiger partial charge in [0.05, 0.1) is 19.1 Å². The molecule has 0 spiro atoms. The summed E-state index contributed by atoms with van der Waals surface area (Å²) in [4.78, 5) is 22.0. The number of aliphatic carboxylic acids is 1. The molecule has 0 aliphatic heterocycles. The number of nitrogens with one attached hydrogen (secondary N) is 2. The van der Waals surface area contributed by atoms with Crippen LogP contribution in [-0.4, -0.2) is 34.9 Å². The number of carboxylic acids is 1. The molecule has 7 nitrogen and oxygen atoms in total. The minimum absolute atomic E-state index is 0.276. The lowest BCUT2D eigenvalue weighted by atomic mass is 10.1. The standard InChI is InChI=1S/C12H13N3O4/c13-6-5-8-1-3-9(4-2-8)14-12(19)15-10(7-16)11(17)18/h1-4,10,16H,5,7H2,(H,17,18)(H2,14,15,19)/t10-/m1/s1. The van der Waals surface area contributed by atoms with Crippen molar-refractivity contribution in [2.75, 3.05) is 11.9 Å². The van der Waals surface area contributed by atoms with Crippen LogP contribution < -0.4 is 10.6 Å². The lowest BCUT2D eigenvalue weighted by molar-refractivity contribution is -0.140. The van der Waals surface area contributed by atoms with Crippen molar-refractivity contribution in [1.82, 2.24) is 5.32 Å². The minimum atomic E-state index is -1.35. The van der Waals surface area contributed by atoms with E-state index in [2.05, 4.69) is 10.6 Å². The highest BCUT2D eigenvalue weighted by Crippen LogP contribution is 2.09. The monoisotopic (exact) mass is 263 g/mol. The number of hydrogen-bond acceptors (Lipinski definition) is 4. The molecule has 4 N–H and O–H groups in total. The molecule has 0 radical (unpaired) electrons. The van der Waals surface area contributed by atoms with E-state index >= 15 is 0 Å². The predicted octanol–water partition coefficient (Wildman–Crippen LogP) is 0.320. The molecular formula is C12H13N3O4. The van der Waals surface area contributed by atoms with Gasteiger partial charge in [-0.1, -0.05) is 12.1 Å². The molecule has 2 amide bonds. The van der Waals surface area contributed by atoms with Gasteiger partial charge in [-0.25, -0.2) is 9.59 Å². The first kappa shape index (κ1) is 14.5. The van der Waals surface area contributed by atoms with Crippen LogP contribution in [0.5, 0.6) is 0 Å². The summed E-state index contributed by atoms with van der Waals surface area (Å²) in [6.45, 7) is -0.691. The number of nitrogens with zero attached hydrogens (tertiary/aromatic N) is 1. The molecular weight excluding hydrogens is 250 g/mol. The number of aliphatic hydroxyl groups is 1. The molecule has 19 heavy (non-hydrogen) atoms. The van der Waals surface area contributed by atoms with E-state index in [1.165, 1.54) is 0 Å². The molecule has 0 aliphatic rings. The van der Waals surface area contributed by atoms with Gasteiger partial charge in [-0.2, -0.15) is 5.26 Å². The van der Waals surface area contributed by atoms with E-state index in [4.69, 9.17) is 15.5 Å². The molecule has 1 rings (SSSR count). The van der Waals surface area contributed by atoms with E-state index in [1.807, 2.05) is 6.07 Å². The van der Waals surface area contributed by atoms with E-state index in [1.54, 1.807) is 24.3 Å². The molecule has 0 unspecified atom stereocenters. The molecule has 0 saturated heterocycles. The highest BCUT2D eigenvalue weighted by atomic mass is 16.4. The van der Waals surface area contributed by atoms with Crippen molar-refractivity contribution < 1.29 is 19.8 Å². The molecule has 0 aliphatic carbocycles. The van der Waals surface area contributed by atoms with Gasteiger partial charge in [0.25, 0.3) is 0 Å². The van der Waals surface area contributed by atoms with Gasteiger partial charge in [-0.3, -0.25) is 0 Å². The summed E-state index contributed by atoms with van der Waals surface area (Å²) in [5.74, 6) is -1.32. The highest BCUT2D eigenvalue weighted by Gasteiger charge is 2.18. The van der Waals surface area contributed by atoms with Crippen molar-refractivity contribution >= 4 is 17.7 Å². The maximum absolute atomic E-state index is 11.4. The largest absolute Gasteiger partial charge is 0.480 e. The lowest BCUT2D eigenvalue weighted by Crippen LogP contribution is -2.45. The fourth-order valence-electron chi connectivity index (χ4n) is 1.31. The third-order valence-corrected chi connectivity index (χ3v) is 2.28. The van der Waals surface area contributed by atoms with Gasteiger partial charge < -0.3 is 20.8 Å². The number of amides is 2. The fraction of sp³-hybridized carbons (Fsp3) is 0.250. The molecule has 0 fully saturated rings. The number of aliphatic hydroxyl groups excluding tert-OH is 1. The van der Waals surface area contributed by atoms with Crippen molar-refractivity contribution in [3.63, 3.8) is 0 Å². The van der Waals surface area contributed by atoms with Gasteiger partial charge >= 0.3 is 12.0 Å². The number of anilines is 1. The number of carboxylic acid groups (broad SMARTS) is 1. The maximum atomic E-state index is 11.4. The zero-order valence-electron chi connectivity index (χ0n) is 9.96. The lowest BCUT2D eigenvalue weighted by Gasteiger charge is -2.12. The van der Waals surface area contributed by atoms with Gasteiger partial charge in [-0.15, -0.1) is 0 Å². The molecule has 1 aromatic rings. The summed E-state index contributed by atoms with van der Waals surface area (Å²) in [6, 6.07) is 6.48. The first-order valence-electron chi connectivity index (χ1n) is 5.44. The van der Waals surface area contributed by atoms with Gasteiger partial charge in [0, 0.05) is 5.69 Å². The Balaban J connectivity index is 2.57. The van der Waals surface area contributed by atoms with E-state index in [0.29, 0.717) is 5.69 Å². The van der Waals surface area contributed by atoms with Crippen LogP contribution in [0.25, 0.3) is 0 Å². The maximum Gasteiger partial charge on any atom is 0.328 e. The first-order chi connectivity index (χ1) is 9.06. The van der Waals surface area contributed by atoms with E-state index < -0.39 is 24.6 Å². The zero-order valence-corrected chi connectivity index (χ0v) is 9.96. The number of urea groups is 1. The predicted molar refractivity (Wildman–Crippen MR) is 66.4 cm³/mol. The third kappa shape index (κ3) is 4.65. The molecule has 7 heteroatoms. The topological polar surface area (TPSA) is 122 Å². The smallest absolute Gasteiger partial charge is 0.328 e. The number of benzene rings is 1. The number of carbonyl (C=O) groups excluding carboxylic acids is 1. The summed E-state index contributed by atoms with van der Waals surface area (Å²) in [5, 5.41) is 30.4. The van der Waals surface area contributed by atoms with Crippen molar-refractivity contribution in [3.8, 4) is 6.07 Å². The Kier molecular flexibility index (Phi) is 5.32. The van der Waals surface area contributed by atoms with Crippen LogP contribution in [0.2, 0.25) is 0 Å². The first-order valence-corrected chi connectivity index (χ1v) is 5.44. The Labute approximate surface area is 109 Å². The zero-order chi connectivity index (χ0) is 14.3. The molecule has 0 bridgehead atoms. The summed E-state index contributed by atoms with van der Waals surface area (Å²) in [7, 11) is 0. The minimum Gasteiger partial charge on any atom is -0.480 e. The van der Waals surface area contributed by atoms with Crippen LogP contribution in [0.15, 0.2) is 24.3 Å². The van der Waals surface area contributed by atoms with Crippen LogP contribution in [0.1, 0.15) is 5.56 Å². The van der Waals surface area contributed by atoms with E-state index in [0.717, 1.165) is 5.56 Å². The second kappa shape index (κ2) is 6.98. The number of hydrogen-bond donors (Lipinski definition) is 4. The molecule has 0 saturated carbocycles. The van der Waals surface area contributed by atoms with Gasteiger partial charge in [-0.05, 0) is 17.7 Å². The number of rotatable bonds is 5. The van der Waals surface area contributed by atoms with E-state index in [-0.39, 0.29) is 6.42 Å².